The zero-order valence-corrected chi connectivity index (χ0v) is 15.1. The van der Waals surface area contributed by atoms with Crippen molar-refractivity contribution in [1.82, 2.24) is 5.32 Å². The number of hydrogen-bond donors (Lipinski definition) is 2. The number of carboxylic acid groups (broad SMARTS) is 1. The number of amides is 2. The number of nitrogens with zero attached hydrogens (tertiary/aromatic N) is 1. The molecule has 2 atom stereocenters. The van der Waals surface area contributed by atoms with Crippen molar-refractivity contribution in [3.63, 3.8) is 0 Å². The molecule has 0 bridgehead atoms. The summed E-state index contributed by atoms with van der Waals surface area (Å²) in [4.78, 5) is 38.0. The lowest BCUT2D eigenvalue weighted by molar-refractivity contribution is -0.142. The number of carbonyl (C=O) groups is 3. The summed E-state index contributed by atoms with van der Waals surface area (Å²) >= 11 is 0. The third kappa shape index (κ3) is 4.09. The Balaban J connectivity index is 1.75. The summed E-state index contributed by atoms with van der Waals surface area (Å²) in [6.07, 6.45) is 0.233. The Labute approximate surface area is 156 Å². The average molecular weight is 370 g/mol. The van der Waals surface area contributed by atoms with E-state index < -0.39 is 23.8 Å². The Bertz CT molecular complexity index is 861. The zero-order valence-electron chi connectivity index (χ0n) is 15.1. The van der Waals surface area contributed by atoms with E-state index in [1.165, 1.54) is 7.11 Å². The molecule has 3 rings (SSSR count). The first-order chi connectivity index (χ1) is 13.0. The van der Waals surface area contributed by atoms with E-state index in [0.29, 0.717) is 0 Å². The van der Waals surface area contributed by atoms with E-state index in [2.05, 4.69) is 5.32 Å². The number of benzene rings is 2. The Hall–Kier alpha value is -2.93. The molecule has 2 unspecified atom stereocenters. The first kappa shape index (κ1) is 18.8. The van der Waals surface area contributed by atoms with Crippen LogP contribution in [0.1, 0.15) is 12.8 Å². The van der Waals surface area contributed by atoms with Crippen LogP contribution < -0.4 is 10.2 Å². The van der Waals surface area contributed by atoms with Crippen LogP contribution in [0.5, 0.6) is 0 Å². The van der Waals surface area contributed by atoms with Gasteiger partial charge in [-0.2, -0.15) is 0 Å². The first-order valence-corrected chi connectivity index (χ1v) is 8.81. The van der Waals surface area contributed by atoms with Crippen LogP contribution >= 0.6 is 0 Å². The summed E-state index contributed by atoms with van der Waals surface area (Å²) in [5, 5.41) is 13.7. The fourth-order valence-corrected chi connectivity index (χ4v) is 3.34. The van der Waals surface area contributed by atoms with E-state index in [4.69, 9.17) is 4.74 Å². The third-order valence-corrected chi connectivity index (χ3v) is 4.78. The van der Waals surface area contributed by atoms with E-state index in [-0.39, 0.29) is 31.9 Å². The molecule has 0 spiro atoms. The number of anilines is 1. The van der Waals surface area contributed by atoms with E-state index in [1.807, 2.05) is 42.5 Å². The minimum absolute atomic E-state index is 0.0612. The number of methoxy groups -OCH3 is 1. The van der Waals surface area contributed by atoms with Gasteiger partial charge in [-0.15, -0.1) is 0 Å². The van der Waals surface area contributed by atoms with Crippen LogP contribution in [0.4, 0.5) is 5.69 Å². The second kappa shape index (κ2) is 8.18. The summed E-state index contributed by atoms with van der Waals surface area (Å²) in [5.41, 5.74) is 0.766. The molecule has 1 aliphatic rings. The van der Waals surface area contributed by atoms with Crippen molar-refractivity contribution in [2.45, 2.75) is 18.9 Å². The molecule has 0 aromatic heterocycles. The summed E-state index contributed by atoms with van der Waals surface area (Å²) in [6.45, 7) is 0.457. The Morgan fingerprint density at radius 2 is 2.00 bits per heavy atom. The number of nitrogens with one attached hydrogen (secondary N) is 1. The lowest BCUT2D eigenvalue weighted by Gasteiger charge is -2.20. The van der Waals surface area contributed by atoms with E-state index in [0.717, 1.165) is 16.5 Å². The van der Waals surface area contributed by atoms with Gasteiger partial charge in [0.15, 0.2) is 0 Å². The van der Waals surface area contributed by atoms with Crippen LogP contribution in [0, 0.1) is 5.92 Å². The topological polar surface area (TPSA) is 95.9 Å². The number of carbonyl (C=O) groups excluding carboxylic acids is 2. The summed E-state index contributed by atoms with van der Waals surface area (Å²) in [5.74, 6) is -2.26. The number of aliphatic carboxylic acids is 1. The van der Waals surface area contributed by atoms with Gasteiger partial charge in [-0.3, -0.25) is 9.59 Å². The lowest BCUT2D eigenvalue weighted by Crippen LogP contribution is -2.44. The van der Waals surface area contributed by atoms with Crippen LogP contribution in [-0.2, 0) is 19.1 Å². The molecular weight excluding hydrogens is 348 g/mol. The molecule has 0 aliphatic carbocycles. The number of rotatable bonds is 7. The molecule has 27 heavy (non-hydrogen) atoms. The molecule has 2 aromatic rings. The minimum Gasteiger partial charge on any atom is -0.480 e. The number of fused-ring (bicyclic) bond motifs is 1. The van der Waals surface area contributed by atoms with Crippen molar-refractivity contribution >= 4 is 34.2 Å². The monoisotopic (exact) mass is 370 g/mol. The first-order valence-electron chi connectivity index (χ1n) is 8.81. The van der Waals surface area contributed by atoms with E-state index >= 15 is 0 Å². The quantitative estimate of drug-likeness (QED) is 0.775. The molecule has 142 valence electrons. The molecule has 7 nitrogen and oxygen atoms in total. The Morgan fingerprint density at radius 3 is 2.74 bits per heavy atom. The third-order valence-electron chi connectivity index (χ3n) is 4.78. The fraction of sp³-hybridized carbons (Fsp3) is 0.350. The van der Waals surface area contributed by atoms with Gasteiger partial charge in [-0.1, -0.05) is 36.4 Å². The smallest absolute Gasteiger partial charge is 0.326 e. The molecule has 7 heteroatoms. The predicted molar refractivity (Wildman–Crippen MR) is 100 cm³/mol. The van der Waals surface area contributed by atoms with E-state index in [1.54, 1.807) is 4.90 Å². The molecule has 2 N–H and O–H groups in total. The van der Waals surface area contributed by atoms with Crippen LogP contribution in [-0.4, -0.2) is 49.2 Å². The van der Waals surface area contributed by atoms with Crippen LogP contribution in [0.15, 0.2) is 42.5 Å². The van der Waals surface area contributed by atoms with Crippen molar-refractivity contribution in [3.8, 4) is 0 Å². The maximum absolute atomic E-state index is 12.5. The largest absolute Gasteiger partial charge is 0.480 e. The van der Waals surface area contributed by atoms with Gasteiger partial charge < -0.3 is 20.1 Å². The van der Waals surface area contributed by atoms with E-state index in [9.17, 15) is 19.5 Å². The van der Waals surface area contributed by atoms with Gasteiger partial charge in [0.1, 0.15) is 6.04 Å². The second-order valence-corrected chi connectivity index (χ2v) is 6.58. The molecule has 1 fully saturated rings. The molecule has 1 heterocycles. The summed E-state index contributed by atoms with van der Waals surface area (Å²) in [6, 6.07) is 12.4. The molecule has 0 saturated carbocycles. The minimum atomic E-state index is -1.12. The van der Waals surface area contributed by atoms with Crippen molar-refractivity contribution in [3.05, 3.63) is 42.5 Å². The van der Waals surface area contributed by atoms with Crippen LogP contribution in [0.2, 0.25) is 0 Å². The highest BCUT2D eigenvalue weighted by atomic mass is 16.5. The maximum Gasteiger partial charge on any atom is 0.326 e. The number of ether oxygens (including phenoxy) is 1. The lowest BCUT2D eigenvalue weighted by atomic mass is 10.1. The van der Waals surface area contributed by atoms with Crippen molar-refractivity contribution in [2.75, 3.05) is 25.2 Å². The summed E-state index contributed by atoms with van der Waals surface area (Å²) < 4.78 is 4.89. The van der Waals surface area contributed by atoms with Crippen molar-refractivity contribution < 1.29 is 24.2 Å². The highest BCUT2D eigenvalue weighted by Gasteiger charge is 2.37. The highest BCUT2D eigenvalue weighted by Crippen LogP contribution is 2.31. The van der Waals surface area contributed by atoms with Crippen molar-refractivity contribution in [2.24, 2.45) is 5.92 Å². The van der Waals surface area contributed by atoms with Gasteiger partial charge in [0.25, 0.3) is 0 Å². The Morgan fingerprint density at radius 1 is 1.26 bits per heavy atom. The summed E-state index contributed by atoms with van der Waals surface area (Å²) in [7, 11) is 1.47. The van der Waals surface area contributed by atoms with Gasteiger partial charge in [0.05, 0.1) is 11.6 Å². The fourth-order valence-electron chi connectivity index (χ4n) is 3.34. The van der Waals surface area contributed by atoms with Crippen LogP contribution in [0.3, 0.4) is 0 Å². The molecule has 2 amide bonds. The molecular formula is C20H22N2O5. The van der Waals surface area contributed by atoms with Crippen LogP contribution in [0.25, 0.3) is 10.8 Å². The molecule has 1 saturated heterocycles. The number of carboxylic acids is 1. The highest BCUT2D eigenvalue weighted by molar-refractivity contribution is 6.07. The average Bonchev–Trinajstić information content (AvgIpc) is 3.06. The molecule has 0 radical (unpaired) electrons. The normalized spacial score (nSPS) is 17.9. The SMILES string of the molecule is COCCC(NC(=O)C1CC(=O)N(c2cccc3ccccc23)C1)C(=O)O. The van der Waals surface area contributed by atoms with Gasteiger partial charge in [0, 0.05) is 38.5 Å². The predicted octanol–water partition coefficient (Wildman–Crippen LogP) is 1.80. The second-order valence-electron chi connectivity index (χ2n) is 6.58. The van der Waals surface area contributed by atoms with Gasteiger partial charge in [-0.05, 0) is 11.5 Å². The molecule has 2 aromatic carbocycles. The maximum atomic E-state index is 12.5. The standard InChI is InChI=1S/C20H22N2O5/c1-27-10-9-16(20(25)26)21-19(24)14-11-18(23)22(12-14)17-8-4-6-13-5-2-3-7-15(13)17/h2-8,14,16H,9-12H2,1H3,(H,21,24)(H,25,26). The van der Waals surface area contributed by atoms with Crippen molar-refractivity contribution in [1.29, 1.82) is 0 Å². The number of hydrogen-bond acceptors (Lipinski definition) is 4. The van der Waals surface area contributed by atoms with Gasteiger partial charge >= 0.3 is 5.97 Å². The molecule has 1 aliphatic heterocycles. The zero-order chi connectivity index (χ0) is 19.4. The Kier molecular flexibility index (Phi) is 5.71. The van der Waals surface area contributed by atoms with Gasteiger partial charge in [0.2, 0.25) is 11.8 Å². The van der Waals surface area contributed by atoms with Gasteiger partial charge in [-0.25, -0.2) is 4.79 Å².